The van der Waals surface area contributed by atoms with Crippen molar-refractivity contribution in [1.82, 2.24) is 20.0 Å². The number of carbonyl (C=O) groups excluding carboxylic acids is 1. The van der Waals surface area contributed by atoms with Crippen molar-refractivity contribution in [2.24, 2.45) is 5.92 Å². The molecule has 0 unspecified atom stereocenters. The average Bonchev–Trinajstić information content (AvgIpc) is 3.13. The van der Waals surface area contributed by atoms with Crippen LogP contribution in [0.25, 0.3) is 0 Å². The molecule has 1 amide bonds. The SMILES string of the molecule is Cc1nn([C@@H]2CCS(=O)(=O)C2)c(C)c1CN(C)[C@@H](C)C(=O)N[C@@](C)(C#N)C(C)C. The predicted octanol–water partition coefficient (Wildman–Crippen LogP) is 1.73. The minimum Gasteiger partial charge on any atom is -0.336 e. The molecule has 1 aliphatic heterocycles. The third-order valence-electron chi connectivity index (χ3n) is 6.25. The van der Waals surface area contributed by atoms with Crippen molar-refractivity contribution in [3.05, 3.63) is 17.0 Å². The van der Waals surface area contributed by atoms with E-state index in [1.54, 1.807) is 6.92 Å². The Morgan fingerprint density at radius 1 is 1.41 bits per heavy atom. The molecule has 0 bridgehead atoms. The van der Waals surface area contributed by atoms with Crippen molar-refractivity contribution in [2.45, 2.75) is 72.1 Å². The van der Waals surface area contributed by atoms with Crippen molar-refractivity contribution in [3.63, 3.8) is 0 Å². The maximum atomic E-state index is 12.7. The van der Waals surface area contributed by atoms with E-state index in [0.717, 1.165) is 17.0 Å². The summed E-state index contributed by atoms with van der Waals surface area (Å²) < 4.78 is 25.5. The molecule has 29 heavy (non-hydrogen) atoms. The standard InChI is InChI=1S/C20H33N5O3S/c1-13(2)20(6,12-21)22-19(26)16(5)24(7)10-18-14(3)23-25(15(18)4)17-8-9-29(27,28)11-17/h13,16-17H,8-11H2,1-7H3,(H,22,26)/t16-,17+,20-/m0/s1. The van der Waals surface area contributed by atoms with E-state index in [2.05, 4.69) is 16.5 Å². The molecule has 3 atom stereocenters. The largest absolute Gasteiger partial charge is 0.336 e. The molecule has 0 radical (unpaired) electrons. The lowest BCUT2D eigenvalue weighted by Gasteiger charge is -2.31. The van der Waals surface area contributed by atoms with E-state index in [1.165, 1.54) is 0 Å². The zero-order chi connectivity index (χ0) is 22.1. The van der Waals surface area contributed by atoms with Crippen LogP contribution in [0.2, 0.25) is 0 Å². The number of hydrogen-bond acceptors (Lipinski definition) is 6. The van der Waals surface area contributed by atoms with E-state index < -0.39 is 21.4 Å². The number of aryl methyl sites for hydroxylation is 1. The van der Waals surface area contributed by atoms with Gasteiger partial charge in [0, 0.05) is 17.8 Å². The normalized spacial score (nSPS) is 21.7. The van der Waals surface area contributed by atoms with Crippen LogP contribution in [-0.2, 0) is 21.2 Å². The Labute approximate surface area is 174 Å². The van der Waals surface area contributed by atoms with E-state index in [-0.39, 0.29) is 29.4 Å². The summed E-state index contributed by atoms with van der Waals surface area (Å²) in [5, 5.41) is 16.9. The first-order valence-electron chi connectivity index (χ1n) is 9.99. The van der Waals surface area contributed by atoms with Gasteiger partial charge in [0.25, 0.3) is 0 Å². The molecule has 1 aliphatic rings. The fourth-order valence-electron chi connectivity index (χ4n) is 3.50. The first-order chi connectivity index (χ1) is 13.3. The molecule has 0 saturated carbocycles. The molecule has 1 N–H and O–H groups in total. The van der Waals surface area contributed by atoms with Gasteiger partial charge in [-0.25, -0.2) is 8.42 Å². The first-order valence-corrected chi connectivity index (χ1v) is 11.8. The van der Waals surface area contributed by atoms with E-state index >= 15 is 0 Å². The minimum atomic E-state index is -2.99. The highest BCUT2D eigenvalue weighted by molar-refractivity contribution is 7.91. The highest BCUT2D eigenvalue weighted by Gasteiger charge is 2.34. The number of sulfone groups is 1. The van der Waals surface area contributed by atoms with Crippen LogP contribution in [0, 0.1) is 31.1 Å². The number of carbonyl (C=O) groups is 1. The molecule has 0 aliphatic carbocycles. The quantitative estimate of drug-likeness (QED) is 0.716. The number of likely N-dealkylation sites (N-methyl/N-ethyl adjacent to an activating group) is 1. The molecule has 2 rings (SSSR count). The van der Waals surface area contributed by atoms with Crippen LogP contribution in [0.15, 0.2) is 0 Å². The first kappa shape index (κ1) is 23.4. The smallest absolute Gasteiger partial charge is 0.238 e. The summed E-state index contributed by atoms with van der Waals surface area (Å²) in [4.78, 5) is 14.6. The van der Waals surface area contributed by atoms with Crippen LogP contribution >= 0.6 is 0 Å². The van der Waals surface area contributed by atoms with E-state index in [1.807, 2.05) is 51.2 Å². The number of nitrogens with zero attached hydrogens (tertiary/aromatic N) is 4. The monoisotopic (exact) mass is 423 g/mol. The zero-order valence-electron chi connectivity index (χ0n) is 18.5. The second kappa shape index (κ2) is 8.44. The van der Waals surface area contributed by atoms with Crippen LogP contribution in [0.5, 0.6) is 0 Å². The van der Waals surface area contributed by atoms with Gasteiger partial charge in [-0.3, -0.25) is 14.4 Å². The molecule has 0 aromatic carbocycles. The summed E-state index contributed by atoms with van der Waals surface area (Å²) in [7, 11) is -1.13. The zero-order valence-corrected chi connectivity index (χ0v) is 19.3. The molecule has 1 fully saturated rings. The van der Waals surface area contributed by atoms with Crippen molar-refractivity contribution in [1.29, 1.82) is 5.26 Å². The number of rotatable bonds is 7. The van der Waals surface area contributed by atoms with Crippen molar-refractivity contribution in [2.75, 3.05) is 18.6 Å². The molecular weight excluding hydrogens is 390 g/mol. The van der Waals surface area contributed by atoms with Gasteiger partial charge in [-0.2, -0.15) is 10.4 Å². The van der Waals surface area contributed by atoms with Gasteiger partial charge in [0.2, 0.25) is 5.91 Å². The number of hydrogen-bond donors (Lipinski definition) is 1. The average molecular weight is 424 g/mol. The highest BCUT2D eigenvalue weighted by atomic mass is 32.2. The molecule has 8 nitrogen and oxygen atoms in total. The Hall–Kier alpha value is -1.92. The van der Waals surface area contributed by atoms with Crippen LogP contribution in [0.1, 0.15) is 57.1 Å². The summed E-state index contributed by atoms with van der Waals surface area (Å²) in [5.41, 5.74) is 1.86. The summed E-state index contributed by atoms with van der Waals surface area (Å²) in [6, 6.07) is 1.64. The molecule has 1 saturated heterocycles. The molecule has 9 heteroatoms. The Kier molecular flexibility index (Phi) is 6.80. The van der Waals surface area contributed by atoms with Gasteiger partial charge in [0.15, 0.2) is 9.84 Å². The van der Waals surface area contributed by atoms with Crippen molar-refractivity contribution >= 4 is 15.7 Å². The summed E-state index contributed by atoms with van der Waals surface area (Å²) >= 11 is 0. The van der Waals surface area contributed by atoms with Gasteiger partial charge >= 0.3 is 0 Å². The predicted molar refractivity (Wildman–Crippen MR) is 112 cm³/mol. The Morgan fingerprint density at radius 2 is 2.03 bits per heavy atom. The summed E-state index contributed by atoms with van der Waals surface area (Å²) in [6.07, 6.45) is 0.584. The molecular formula is C20H33N5O3S. The van der Waals surface area contributed by atoms with Gasteiger partial charge in [0.1, 0.15) is 5.54 Å². The number of nitriles is 1. The lowest BCUT2D eigenvalue weighted by Crippen LogP contribution is -2.54. The topological polar surface area (TPSA) is 108 Å². The lowest BCUT2D eigenvalue weighted by atomic mass is 9.89. The van der Waals surface area contributed by atoms with Crippen LogP contribution < -0.4 is 5.32 Å². The van der Waals surface area contributed by atoms with Gasteiger partial charge in [-0.15, -0.1) is 0 Å². The number of amides is 1. The fraction of sp³-hybridized carbons (Fsp3) is 0.750. The van der Waals surface area contributed by atoms with Crippen LogP contribution in [0.4, 0.5) is 0 Å². The van der Waals surface area contributed by atoms with Gasteiger partial charge in [-0.1, -0.05) is 13.8 Å². The second-order valence-corrected chi connectivity index (χ2v) is 10.9. The van der Waals surface area contributed by atoms with Crippen LogP contribution in [0.3, 0.4) is 0 Å². The van der Waals surface area contributed by atoms with E-state index in [9.17, 15) is 18.5 Å². The molecule has 1 aromatic heterocycles. The number of aromatic nitrogens is 2. The molecule has 0 spiro atoms. The molecule has 1 aromatic rings. The van der Waals surface area contributed by atoms with Crippen molar-refractivity contribution in [3.8, 4) is 6.07 Å². The van der Waals surface area contributed by atoms with Gasteiger partial charge < -0.3 is 5.32 Å². The van der Waals surface area contributed by atoms with Gasteiger partial charge in [-0.05, 0) is 47.1 Å². The Balaban J connectivity index is 2.13. The third-order valence-corrected chi connectivity index (χ3v) is 8.00. The summed E-state index contributed by atoms with van der Waals surface area (Å²) in [6.45, 7) is 11.7. The van der Waals surface area contributed by atoms with E-state index in [4.69, 9.17) is 0 Å². The molecule has 2 heterocycles. The number of nitrogens with one attached hydrogen (secondary N) is 1. The third kappa shape index (κ3) is 4.98. The van der Waals surface area contributed by atoms with Crippen LogP contribution in [-0.4, -0.2) is 59.1 Å². The maximum absolute atomic E-state index is 12.7. The maximum Gasteiger partial charge on any atom is 0.238 e. The van der Waals surface area contributed by atoms with Gasteiger partial charge in [0.05, 0.1) is 35.4 Å². The molecule has 162 valence electrons. The fourth-order valence-corrected chi connectivity index (χ4v) is 5.19. The highest BCUT2D eigenvalue weighted by Crippen LogP contribution is 2.27. The van der Waals surface area contributed by atoms with E-state index in [0.29, 0.717) is 13.0 Å². The summed E-state index contributed by atoms with van der Waals surface area (Å²) in [5.74, 6) is 0.121. The van der Waals surface area contributed by atoms with Crippen molar-refractivity contribution < 1.29 is 13.2 Å². The Morgan fingerprint density at radius 3 is 2.52 bits per heavy atom. The second-order valence-electron chi connectivity index (χ2n) is 8.70. The lowest BCUT2D eigenvalue weighted by molar-refractivity contribution is -0.127. The minimum absolute atomic E-state index is 0.0145. The Bertz CT molecular complexity index is 915.